The van der Waals surface area contributed by atoms with Gasteiger partial charge in [0.05, 0.1) is 36.9 Å². The van der Waals surface area contributed by atoms with E-state index in [9.17, 15) is 31.1 Å². The molecule has 0 aliphatic heterocycles. The Bertz CT molecular complexity index is 1470. The summed E-state index contributed by atoms with van der Waals surface area (Å²) in [4.78, 5) is 16.2. The van der Waals surface area contributed by atoms with Crippen LogP contribution in [0.2, 0.25) is 30.3 Å². The summed E-state index contributed by atoms with van der Waals surface area (Å²) in [6.07, 6.45) is -9.23. The first-order valence-corrected chi connectivity index (χ1v) is 12.5. The molecule has 1 aromatic heterocycles. The summed E-state index contributed by atoms with van der Waals surface area (Å²) in [7, 11) is 0. The highest BCUT2D eigenvalue weighted by Gasteiger charge is 2.41. The van der Waals surface area contributed by atoms with Crippen LogP contribution in [0.25, 0.3) is 5.83 Å². The number of pyridine rings is 1. The zero-order valence-electron chi connectivity index (χ0n) is 18.9. The van der Waals surface area contributed by atoms with Gasteiger partial charge < -0.3 is 0 Å². The Balaban J connectivity index is 2.00. The molecule has 3 aromatic rings. The smallest absolute Gasteiger partial charge is 0.295 e. The second kappa shape index (κ2) is 12.4. The minimum Gasteiger partial charge on any atom is -0.295 e. The Morgan fingerprint density at radius 2 is 1.48 bits per heavy atom. The van der Waals surface area contributed by atoms with Crippen LogP contribution in [-0.2, 0) is 6.18 Å². The Morgan fingerprint density at radius 3 is 2.02 bits per heavy atom. The Kier molecular flexibility index (Phi) is 10.0. The maximum Gasteiger partial charge on any atom is 0.417 e. The van der Waals surface area contributed by atoms with Crippen LogP contribution in [0.1, 0.15) is 33.0 Å². The van der Waals surface area contributed by atoms with Gasteiger partial charge in [-0.05, 0) is 35.9 Å². The maximum absolute atomic E-state index is 15.0. The van der Waals surface area contributed by atoms with Crippen molar-refractivity contribution in [1.29, 1.82) is 0 Å². The van der Waals surface area contributed by atoms with Gasteiger partial charge in [-0.1, -0.05) is 75.7 Å². The fourth-order valence-electron chi connectivity index (χ4n) is 3.25. The number of hydrogen-bond acceptors (Lipinski definition) is 3. The van der Waals surface area contributed by atoms with E-state index in [0.717, 1.165) is 18.3 Å². The average molecular weight is 690 g/mol. The second-order valence-corrected chi connectivity index (χ2v) is 10.1. The third kappa shape index (κ3) is 7.37. The lowest BCUT2D eigenvalue weighted by Gasteiger charge is -2.19. The van der Waals surface area contributed by atoms with Crippen LogP contribution in [0.3, 0.4) is 0 Å². The van der Waals surface area contributed by atoms with Crippen molar-refractivity contribution in [2.75, 3.05) is 5.43 Å². The molecule has 0 saturated heterocycles. The summed E-state index contributed by atoms with van der Waals surface area (Å²) in [6, 6.07) is 3.04. The van der Waals surface area contributed by atoms with Crippen molar-refractivity contribution in [1.82, 2.24) is 10.4 Å². The SMILES string of the molecule is O=C(NNc1c(Cl)cnc(Cl)c1Cl)c1ccc(/C(F)=C/C(c2cc(Cl)c(Cl)c(Cl)c2)C(F)(F)F)cc1C(F)(F)F. The number of amides is 1. The zero-order valence-corrected chi connectivity index (χ0v) is 23.4. The van der Waals surface area contributed by atoms with Crippen LogP contribution in [0, 0.1) is 0 Å². The highest BCUT2D eigenvalue weighted by molar-refractivity contribution is 6.48. The van der Waals surface area contributed by atoms with E-state index in [1.54, 1.807) is 0 Å². The first-order chi connectivity index (χ1) is 18.4. The van der Waals surface area contributed by atoms with Gasteiger partial charge in [0.2, 0.25) is 0 Å². The molecule has 1 atom stereocenters. The van der Waals surface area contributed by atoms with E-state index in [1.165, 1.54) is 0 Å². The third-order valence-electron chi connectivity index (χ3n) is 5.11. The van der Waals surface area contributed by atoms with Gasteiger partial charge in [-0.2, -0.15) is 26.3 Å². The van der Waals surface area contributed by atoms with Crippen molar-refractivity contribution in [3.8, 4) is 0 Å². The van der Waals surface area contributed by atoms with Crippen LogP contribution in [0.15, 0.2) is 42.6 Å². The predicted molar refractivity (Wildman–Crippen MR) is 141 cm³/mol. The Hall–Kier alpha value is -2.15. The van der Waals surface area contributed by atoms with Gasteiger partial charge in [0.15, 0.2) is 0 Å². The molecule has 0 saturated carbocycles. The number of alkyl halides is 6. The van der Waals surface area contributed by atoms with Crippen molar-refractivity contribution < 1.29 is 35.5 Å². The summed E-state index contributed by atoms with van der Waals surface area (Å²) in [5, 5.41) is -1.58. The van der Waals surface area contributed by atoms with Gasteiger partial charge in [0, 0.05) is 11.8 Å². The second-order valence-electron chi connectivity index (χ2n) is 7.76. The van der Waals surface area contributed by atoms with Crippen LogP contribution in [-0.4, -0.2) is 17.1 Å². The highest BCUT2D eigenvalue weighted by Crippen LogP contribution is 2.43. The fourth-order valence-corrected chi connectivity index (χ4v) is 4.44. The van der Waals surface area contributed by atoms with Crippen LogP contribution < -0.4 is 10.9 Å². The molecule has 1 unspecified atom stereocenters. The molecule has 214 valence electrons. The minimum absolute atomic E-state index is 0.0455. The standard InChI is InChI=1S/C23H10Cl6F7N3O/c24-13-4-9(5-14(25)17(13)27)11(22(31,32)33)6-16(30)8-1-2-10(12(3-8)23(34,35)36)21(40)39-38-19-15(26)7-37-20(29)18(19)28/h1-7,11H,(H,37,38)(H,39,40)/b16-6-. The third-order valence-corrected chi connectivity index (χ3v) is 7.34. The molecule has 4 nitrogen and oxygen atoms in total. The quantitative estimate of drug-likeness (QED) is 0.117. The van der Waals surface area contributed by atoms with Crippen molar-refractivity contribution in [3.63, 3.8) is 0 Å². The molecular formula is C23H10Cl6F7N3O. The average Bonchev–Trinajstić information content (AvgIpc) is 2.86. The summed E-state index contributed by atoms with van der Waals surface area (Å²) < 4.78 is 97.8. The number of nitrogens with one attached hydrogen (secondary N) is 2. The van der Waals surface area contributed by atoms with Crippen molar-refractivity contribution in [2.45, 2.75) is 18.3 Å². The number of aromatic nitrogens is 1. The Morgan fingerprint density at radius 1 is 0.875 bits per heavy atom. The lowest BCUT2D eigenvalue weighted by Crippen LogP contribution is -2.31. The summed E-state index contributed by atoms with van der Waals surface area (Å²) in [5.41, 5.74) is -0.210. The van der Waals surface area contributed by atoms with Crippen molar-refractivity contribution in [3.05, 3.63) is 95.1 Å². The molecule has 2 aromatic carbocycles. The van der Waals surface area contributed by atoms with Gasteiger partial charge in [-0.15, -0.1) is 0 Å². The van der Waals surface area contributed by atoms with Crippen LogP contribution in [0.5, 0.6) is 0 Å². The van der Waals surface area contributed by atoms with E-state index < -0.39 is 52.3 Å². The molecule has 0 spiro atoms. The number of benzene rings is 2. The first kappa shape index (κ1) is 32.4. The van der Waals surface area contributed by atoms with Crippen LogP contribution in [0.4, 0.5) is 36.4 Å². The van der Waals surface area contributed by atoms with Crippen LogP contribution >= 0.6 is 69.6 Å². The number of carbonyl (C=O) groups excluding carboxylic acids is 1. The molecule has 17 heteroatoms. The maximum atomic E-state index is 15.0. The Labute approximate surface area is 250 Å². The lowest BCUT2D eigenvalue weighted by molar-refractivity contribution is -0.140. The monoisotopic (exact) mass is 687 g/mol. The molecule has 0 radical (unpaired) electrons. The molecule has 0 fully saturated rings. The largest absolute Gasteiger partial charge is 0.417 e. The van der Waals surface area contributed by atoms with E-state index in [2.05, 4.69) is 10.4 Å². The molecule has 0 aliphatic rings. The van der Waals surface area contributed by atoms with Gasteiger partial charge in [0.25, 0.3) is 5.91 Å². The highest BCUT2D eigenvalue weighted by atomic mass is 35.5. The van der Waals surface area contributed by atoms with Crippen molar-refractivity contribution >= 4 is 87.0 Å². The van der Waals surface area contributed by atoms with Gasteiger partial charge in [-0.3, -0.25) is 15.6 Å². The van der Waals surface area contributed by atoms with E-state index in [-0.39, 0.29) is 48.1 Å². The summed E-state index contributed by atoms with van der Waals surface area (Å²) in [5.74, 6) is -5.71. The molecule has 3 rings (SSSR count). The predicted octanol–water partition coefficient (Wildman–Crippen LogP) is 10.4. The molecular weight excluding hydrogens is 680 g/mol. The molecule has 2 N–H and O–H groups in total. The number of allylic oxidation sites excluding steroid dienone is 1. The normalized spacial score (nSPS) is 13.3. The summed E-state index contributed by atoms with van der Waals surface area (Å²) in [6.45, 7) is 0. The number of halogens is 13. The van der Waals surface area contributed by atoms with E-state index in [0.29, 0.717) is 12.1 Å². The van der Waals surface area contributed by atoms with Gasteiger partial charge in [0.1, 0.15) is 21.9 Å². The molecule has 1 heterocycles. The minimum atomic E-state index is -5.22. The topological polar surface area (TPSA) is 54.0 Å². The van der Waals surface area contributed by atoms with E-state index >= 15 is 4.39 Å². The van der Waals surface area contributed by atoms with E-state index in [1.807, 2.05) is 5.43 Å². The zero-order chi connectivity index (χ0) is 30.2. The van der Waals surface area contributed by atoms with Gasteiger partial charge >= 0.3 is 12.4 Å². The molecule has 0 aliphatic carbocycles. The summed E-state index contributed by atoms with van der Waals surface area (Å²) >= 11 is 34.9. The first-order valence-electron chi connectivity index (χ1n) is 10.3. The van der Waals surface area contributed by atoms with Gasteiger partial charge in [-0.25, -0.2) is 9.37 Å². The number of carbonyl (C=O) groups is 1. The number of anilines is 1. The fraction of sp³-hybridized carbons (Fsp3) is 0.130. The molecule has 40 heavy (non-hydrogen) atoms. The number of nitrogens with zero attached hydrogens (tertiary/aromatic N) is 1. The number of hydrogen-bond donors (Lipinski definition) is 2. The van der Waals surface area contributed by atoms with E-state index in [4.69, 9.17) is 69.6 Å². The molecule has 1 amide bonds. The van der Waals surface area contributed by atoms with Crippen molar-refractivity contribution in [2.24, 2.45) is 0 Å². The number of hydrazine groups is 1. The number of rotatable bonds is 6. The lowest BCUT2D eigenvalue weighted by atomic mass is 9.95. The molecule has 0 bridgehead atoms.